The number of guanidine groups is 1. The molecule has 140 valence electrons. The molecule has 2 rings (SSSR count). The Morgan fingerprint density at radius 3 is 2.56 bits per heavy atom. The fourth-order valence-electron chi connectivity index (χ4n) is 3.34. The second-order valence-electron chi connectivity index (χ2n) is 7.38. The summed E-state index contributed by atoms with van der Waals surface area (Å²) in [6, 6.07) is 6.58. The smallest absolute Gasteiger partial charge is 0.191 e. The minimum Gasteiger partial charge on any atom is -0.385 e. The maximum absolute atomic E-state index is 5.27. The van der Waals surface area contributed by atoms with Crippen molar-refractivity contribution in [3.05, 3.63) is 29.3 Å². The van der Waals surface area contributed by atoms with Crippen molar-refractivity contribution >= 4 is 11.6 Å². The van der Waals surface area contributed by atoms with Gasteiger partial charge in [-0.15, -0.1) is 0 Å². The van der Waals surface area contributed by atoms with Crippen LogP contribution < -0.4 is 15.5 Å². The molecule has 0 saturated heterocycles. The predicted octanol–water partition coefficient (Wildman–Crippen LogP) is 2.93. The van der Waals surface area contributed by atoms with Crippen molar-refractivity contribution in [3.63, 3.8) is 0 Å². The fraction of sp³-hybridized carbons (Fsp3) is 0.650. The van der Waals surface area contributed by atoms with Crippen LogP contribution in [0.25, 0.3) is 0 Å². The summed E-state index contributed by atoms with van der Waals surface area (Å²) in [5.41, 5.74) is 4.21. The van der Waals surface area contributed by atoms with Crippen LogP contribution in [-0.2, 0) is 11.3 Å². The molecule has 5 nitrogen and oxygen atoms in total. The summed E-state index contributed by atoms with van der Waals surface area (Å²) < 4.78 is 5.27. The zero-order chi connectivity index (χ0) is 18.3. The zero-order valence-corrected chi connectivity index (χ0v) is 16.5. The first-order valence-electron chi connectivity index (χ1n) is 9.20. The van der Waals surface area contributed by atoms with E-state index in [1.165, 1.54) is 36.1 Å². The monoisotopic (exact) mass is 346 g/mol. The first-order valence-corrected chi connectivity index (χ1v) is 9.20. The number of nitrogens with zero attached hydrogens (tertiary/aromatic N) is 2. The molecule has 2 N–H and O–H groups in total. The second-order valence-corrected chi connectivity index (χ2v) is 7.38. The molecule has 0 bridgehead atoms. The molecule has 1 saturated carbocycles. The Bertz CT molecular complexity index is 579. The lowest BCUT2D eigenvalue weighted by molar-refractivity contribution is 0.0732. The summed E-state index contributed by atoms with van der Waals surface area (Å²) >= 11 is 0. The van der Waals surface area contributed by atoms with E-state index in [0.29, 0.717) is 5.41 Å². The van der Waals surface area contributed by atoms with E-state index < -0.39 is 0 Å². The number of aryl methyl sites for hydroxylation is 1. The Morgan fingerprint density at radius 1 is 1.28 bits per heavy atom. The fourth-order valence-corrected chi connectivity index (χ4v) is 3.34. The van der Waals surface area contributed by atoms with Crippen molar-refractivity contribution in [2.24, 2.45) is 10.4 Å². The van der Waals surface area contributed by atoms with Gasteiger partial charge in [0.15, 0.2) is 5.96 Å². The summed E-state index contributed by atoms with van der Waals surface area (Å²) in [6.07, 6.45) is 5.02. The lowest BCUT2D eigenvalue weighted by Gasteiger charge is -2.42. The average Bonchev–Trinajstić information content (AvgIpc) is 2.56. The van der Waals surface area contributed by atoms with Gasteiger partial charge >= 0.3 is 0 Å². The maximum atomic E-state index is 5.27. The summed E-state index contributed by atoms with van der Waals surface area (Å²) in [4.78, 5) is 6.50. The van der Waals surface area contributed by atoms with Gasteiger partial charge in [0, 0.05) is 53.6 Å². The van der Waals surface area contributed by atoms with Crippen LogP contribution in [0.2, 0.25) is 0 Å². The van der Waals surface area contributed by atoms with Crippen molar-refractivity contribution in [2.75, 3.05) is 46.3 Å². The van der Waals surface area contributed by atoms with Gasteiger partial charge in [-0.2, -0.15) is 0 Å². The molecule has 0 unspecified atom stereocenters. The first kappa shape index (κ1) is 19.6. The topological polar surface area (TPSA) is 48.9 Å². The van der Waals surface area contributed by atoms with Gasteiger partial charge in [-0.1, -0.05) is 12.5 Å². The third kappa shape index (κ3) is 5.36. The van der Waals surface area contributed by atoms with Crippen LogP contribution in [0.3, 0.4) is 0 Å². The molecule has 0 amide bonds. The Morgan fingerprint density at radius 2 is 2.04 bits per heavy atom. The number of hydrogen-bond donors (Lipinski definition) is 2. The van der Waals surface area contributed by atoms with Crippen LogP contribution in [0.4, 0.5) is 5.69 Å². The molecule has 0 heterocycles. The highest BCUT2D eigenvalue weighted by atomic mass is 16.5. The average molecular weight is 347 g/mol. The maximum Gasteiger partial charge on any atom is 0.191 e. The van der Waals surface area contributed by atoms with E-state index in [-0.39, 0.29) is 0 Å². The lowest BCUT2D eigenvalue weighted by atomic mass is 9.67. The van der Waals surface area contributed by atoms with Gasteiger partial charge in [0.05, 0.1) is 0 Å². The number of aliphatic imine (C=N–C) groups is 1. The first-order chi connectivity index (χ1) is 12.0. The molecule has 0 radical (unpaired) electrons. The summed E-state index contributed by atoms with van der Waals surface area (Å²) in [7, 11) is 7.75. The molecule has 25 heavy (non-hydrogen) atoms. The standard InChI is InChI=1S/C20H34N4O/c1-16-13-18(24(3)4)8-7-17(16)14-22-19(21-2)23-15-20(9-6-10-20)11-12-25-5/h7-8,13H,6,9-12,14-15H2,1-5H3,(H2,21,22,23). The van der Waals surface area contributed by atoms with E-state index in [0.717, 1.165) is 32.1 Å². The summed E-state index contributed by atoms with van der Waals surface area (Å²) in [5.74, 6) is 0.875. The summed E-state index contributed by atoms with van der Waals surface area (Å²) in [5, 5.41) is 6.96. The van der Waals surface area contributed by atoms with Crippen LogP contribution in [-0.4, -0.2) is 47.4 Å². The van der Waals surface area contributed by atoms with E-state index in [1.54, 1.807) is 7.11 Å². The van der Waals surface area contributed by atoms with E-state index in [9.17, 15) is 0 Å². The van der Waals surface area contributed by atoms with Crippen molar-refractivity contribution < 1.29 is 4.74 Å². The number of methoxy groups -OCH3 is 1. The number of hydrogen-bond acceptors (Lipinski definition) is 3. The molecular formula is C20H34N4O. The lowest BCUT2D eigenvalue weighted by Crippen LogP contribution is -2.46. The highest BCUT2D eigenvalue weighted by molar-refractivity contribution is 5.79. The van der Waals surface area contributed by atoms with Gasteiger partial charge in [0.25, 0.3) is 0 Å². The molecule has 0 atom stereocenters. The Balaban J connectivity index is 1.86. The van der Waals surface area contributed by atoms with Crippen molar-refractivity contribution in [2.45, 2.75) is 39.2 Å². The van der Waals surface area contributed by atoms with Crippen LogP contribution in [0.1, 0.15) is 36.8 Å². The van der Waals surface area contributed by atoms with E-state index >= 15 is 0 Å². The molecule has 0 aromatic heterocycles. The Hall–Kier alpha value is -1.75. The summed E-state index contributed by atoms with van der Waals surface area (Å²) in [6.45, 7) is 4.75. The molecule has 0 aliphatic heterocycles. The normalized spacial score (nSPS) is 16.3. The third-order valence-corrected chi connectivity index (χ3v) is 5.39. The van der Waals surface area contributed by atoms with Crippen molar-refractivity contribution in [1.29, 1.82) is 0 Å². The van der Waals surface area contributed by atoms with Crippen LogP contribution >= 0.6 is 0 Å². The van der Waals surface area contributed by atoms with Gasteiger partial charge in [0.1, 0.15) is 0 Å². The molecular weight excluding hydrogens is 312 g/mol. The molecule has 5 heteroatoms. The minimum atomic E-state index is 0.386. The molecule has 1 aromatic carbocycles. The van der Waals surface area contributed by atoms with Crippen LogP contribution in [0, 0.1) is 12.3 Å². The molecule has 1 aliphatic carbocycles. The van der Waals surface area contributed by atoms with Gasteiger partial charge in [0.2, 0.25) is 0 Å². The molecule has 1 aliphatic rings. The van der Waals surface area contributed by atoms with Crippen molar-refractivity contribution in [3.8, 4) is 0 Å². The van der Waals surface area contributed by atoms with E-state index in [4.69, 9.17) is 4.74 Å². The number of ether oxygens (including phenoxy) is 1. The minimum absolute atomic E-state index is 0.386. The second kappa shape index (κ2) is 9.09. The zero-order valence-electron chi connectivity index (χ0n) is 16.5. The predicted molar refractivity (Wildman–Crippen MR) is 106 cm³/mol. The number of anilines is 1. The van der Waals surface area contributed by atoms with Crippen LogP contribution in [0.5, 0.6) is 0 Å². The Labute approximate surface area is 152 Å². The van der Waals surface area contributed by atoms with E-state index in [1.807, 2.05) is 7.05 Å². The van der Waals surface area contributed by atoms with E-state index in [2.05, 4.69) is 59.7 Å². The van der Waals surface area contributed by atoms with Gasteiger partial charge in [-0.05, 0) is 54.9 Å². The van der Waals surface area contributed by atoms with Gasteiger partial charge < -0.3 is 20.3 Å². The SMILES string of the molecule is CN=C(NCc1ccc(N(C)C)cc1C)NCC1(CCOC)CCC1. The van der Waals surface area contributed by atoms with Crippen LogP contribution in [0.15, 0.2) is 23.2 Å². The quantitative estimate of drug-likeness (QED) is 0.561. The molecule has 1 fully saturated rings. The van der Waals surface area contributed by atoms with Gasteiger partial charge in [-0.25, -0.2) is 0 Å². The highest BCUT2D eigenvalue weighted by Gasteiger charge is 2.36. The number of rotatable bonds is 8. The molecule has 0 spiro atoms. The number of benzene rings is 1. The molecule has 1 aromatic rings. The van der Waals surface area contributed by atoms with Gasteiger partial charge in [-0.3, -0.25) is 4.99 Å². The Kier molecular flexibility index (Phi) is 7.12. The van der Waals surface area contributed by atoms with Crippen molar-refractivity contribution in [1.82, 2.24) is 10.6 Å². The largest absolute Gasteiger partial charge is 0.385 e. The number of nitrogens with one attached hydrogen (secondary N) is 2. The highest BCUT2D eigenvalue weighted by Crippen LogP contribution is 2.43. The third-order valence-electron chi connectivity index (χ3n) is 5.39.